The summed E-state index contributed by atoms with van der Waals surface area (Å²) in [6.45, 7) is 0.247. The fourth-order valence-corrected chi connectivity index (χ4v) is 2.49. The second-order valence-electron chi connectivity index (χ2n) is 4.53. The normalized spacial score (nSPS) is 18.2. The Morgan fingerprint density at radius 3 is 2.74 bits per heavy atom. The zero-order valence-electron chi connectivity index (χ0n) is 10.8. The number of hydrogen-bond donors (Lipinski definition) is 1. The molecule has 1 N–H and O–H groups in total. The molecule has 2 rings (SSSR count). The maximum atomic E-state index is 11.8. The maximum Gasteiger partial charge on any atom is 0.338 e. The third-order valence-electron chi connectivity index (χ3n) is 3.00. The Labute approximate surface area is 116 Å². The van der Waals surface area contributed by atoms with Crippen LogP contribution in [0.1, 0.15) is 28.8 Å². The molecule has 0 spiro atoms. The summed E-state index contributed by atoms with van der Waals surface area (Å²) in [7, 11) is 0. The molecule has 1 unspecified atom stereocenters. The van der Waals surface area contributed by atoms with Gasteiger partial charge >= 0.3 is 5.97 Å². The molecule has 0 aromatic heterocycles. The lowest BCUT2D eigenvalue weighted by molar-refractivity contribution is -0.119. The predicted molar refractivity (Wildman–Crippen MR) is 75.1 cm³/mol. The Morgan fingerprint density at radius 1 is 1.42 bits per heavy atom. The van der Waals surface area contributed by atoms with Crippen LogP contribution >= 0.6 is 11.8 Å². The number of benzene rings is 1. The molecule has 102 valence electrons. The van der Waals surface area contributed by atoms with Gasteiger partial charge in [0.1, 0.15) is 6.61 Å². The predicted octanol–water partition coefficient (Wildman–Crippen LogP) is 1.98. The molecule has 1 heterocycles. The van der Waals surface area contributed by atoms with E-state index in [-0.39, 0.29) is 24.5 Å². The fourth-order valence-electron chi connectivity index (χ4n) is 1.97. The van der Waals surface area contributed by atoms with E-state index in [1.54, 1.807) is 23.9 Å². The molecular formula is C14H17NO3S. The Bertz CT molecular complexity index is 458. The summed E-state index contributed by atoms with van der Waals surface area (Å²) in [6, 6.07) is 7.39. The van der Waals surface area contributed by atoms with E-state index in [1.165, 1.54) is 5.56 Å². The first-order valence-corrected chi connectivity index (χ1v) is 7.63. The molecule has 0 bridgehead atoms. The summed E-state index contributed by atoms with van der Waals surface area (Å²) in [5, 5.41) is 2.77. The molecule has 1 atom stereocenters. The van der Waals surface area contributed by atoms with Crippen LogP contribution in [0.25, 0.3) is 0 Å². The van der Waals surface area contributed by atoms with E-state index < -0.39 is 0 Å². The molecule has 1 fully saturated rings. The molecule has 19 heavy (non-hydrogen) atoms. The van der Waals surface area contributed by atoms with Crippen molar-refractivity contribution in [1.82, 2.24) is 5.32 Å². The molecule has 0 aliphatic carbocycles. The van der Waals surface area contributed by atoms with Crippen molar-refractivity contribution < 1.29 is 14.3 Å². The molecule has 1 saturated heterocycles. The first kappa shape index (κ1) is 13.9. The largest absolute Gasteiger partial charge is 0.460 e. The molecule has 0 radical (unpaired) electrons. The van der Waals surface area contributed by atoms with Crippen molar-refractivity contribution in [2.24, 2.45) is 0 Å². The van der Waals surface area contributed by atoms with Crippen molar-refractivity contribution in [3.05, 3.63) is 35.4 Å². The summed E-state index contributed by atoms with van der Waals surface area (Å²) in [5.41, 5.74) is 1.74. The van der Waals surface area contributed by atoms with Crippen molar-refractivity contribution >= 4 is 23.6 Å². The third kappa shape index (κ3) is 3.99. The average molecular weight is 279 g/mol. The lowest BCUT2D eigenvalue weighted by Crippen LogP contribution is -2.30. The second kappa shape index (κ2) is 6.61. The van der Waals surface area contributed by atoms with E-state index in [0.29, 0.717) is 12.0 Å². The molecule has 5 heteroatoms. The fraction of sp³-hybridized carbons (Fsp3) is 0.429. The van der Waals surface area contributed by atoms with Gasteiger partial charge in [-0.15, -0.1) is 0 Å². The number of amides is 1. The van der Waals surface area contributed by atoms with Crippen LogP contribution < -0.4 is 5.32 Å². The zero-order valence-corrected chi connectivity index (χ0v) is 11.7. The van der Waals surface area contributed by atoms with Crippen LogP contribution in [-0.2, 0) is 15.3 Å². The van der Waals surface area contributed by atoms with Crippen LogP contribution in [-0.4, -0.2) is 30.8 Å². The van der Waals surface area contributed by atoms with Crippen LogP contribution in [0.3, 0.4) is 0 Å². The topological polar surface area (TPSA) is 55.4 Å². The van der Waals surface area contributed by atoms with Crippen molar-refractivity contribution in [2.45, 2.75) is 24.6 Å². The molecule has 4 nitrogen and oxygen atoms in total. The Balaban J connectivity index is 1.83. The number of carbonyl (C=O) groups is 2. The SMILES string of the molecule is CSCc1ccc(C(=O)OCC2CCC(=O)N2)cc1. The summed E-state index contributed by atoms with van der Waals surface area (Å²) in [5.74, 6) is 0.628. The first-order valence-electron chi connectivity index (χ1n) is 6.23. The van der Waals surface area contributed by atoms with E-state index >= 15 is 0 Å². The van der Waals surface area contributed by atoms with E-state index in [9.17, 15) is 9.59 Å². The summed E-state index contributed by atoms with van der Waals surface area (Å²) in [6.07, 6.45) is 3.29. The van der Waals surface area contributed by atoms with Crippen LogP contribution in [0.5, 0.6) is 0 Å². The summed E-state index contributed by atoms with van der Waals surface area (Å²) < 4.78 is 5.20. The summed E-state index contributed by atoms with van der Waals surface area (Å²) >= 11 is 1.74. The van der Waals surface area contributed by atoms with Gasteiger partial charge in [0, 0.05) is 12.2 Å². The van der Waals surface area contributed by atoms with Gasteiger partial charge in [-0.25, -0.2) is 4.79 Å². The van der Waals surface area contributed by atoms with E-state index in [1.807, 2.05) is 18.4 Å². The number of ether oxygens (including phenoxy) is 1. The molecule has 1 aromatic carbocycles. The Hall–Kier alpha value is -1.49. The summed E-state index contributed by atoms with van der Waals surface area (Å²) in [4.78, 5) is 22.8. The minimum absolute atomic E-state index is 0.0301. The lowest BCUT2D eigenvalue weighted by Gasteiger charge is -2.10. The quantitative estimate of drug-likeness (QED) is 0.837. The van der Waals surface area contributed by atoms with Gasteiger partial charge in [-0.1, -0.05) is 12.1 Å². The smallest absolute Gasteiger partial charge is 0.338 e. The van der Waals surface area contributed by atoms with Crippen molar-refractivity contribution in [3.8, 4) is 0 Å². The van der Waals surface area contributed by atoms with Gasteiger partial charge in [-0.3, -0.25) is 4.79 Å². The Morgan fingerprint density at radius 2 is 2.16 bits per heavy atom. The molecule has 1 amide bonds. The maximum absolute atomic E-state index is 11.8. The van der Waals surface area contributed by atoms with Crippen molar-refractivity contribution in [2.75, 3.05) is 12.9 Å². The molecule has 1 aliphatic rings. The molecule has 1 aliphatic heterocycles. The zero-order chi connectivity index (χ0) is 13.7. The van der Waals surface area contributed by atoms with Gasteiger partial charge in [0.15, 0.2) is 0 Å². The number of nitrogens with one attached hydrogen (secondary N) is 1. The second-order valence-corrected chi connectivity index (χ2v) is 5.40. The minimum atomic E-state index is -0.336. The number of thioether (sulfide) groups is 1. The number of hydrogen-bond acceptors (Lipinski definition) is 4. The van der Waals surface area contributed by atoms with Crippen LogP contribution in [0.2, 0.25) is 0 Å². The number of carbonyl (C=O) groups excluding carboxylic acids is 2. The monoisotopic (exact) mass is 279 g/mol. The standard InChI is InChI=1S/C14H17NO3S/c1-19-9-10-2-4-11(5-3-10)14(17)18-8-12-6-7-13(16)15-12/h2-5,12H,6-9H2,1H3,(H,15,16). The Kier molecular flexibility index (Phi) is 4.85. The van der Waals surface area contributed by atoms with Crippen LogP contribution in [0.15, 0.2) is 24.3 Å². The molecular weight excluding hydrogens is 262 g/mol. The number of rotatable bonds is 5. The highest BCUT2D eigenvalue weighted by atomic mass is 32.2. The average Bonchev–Trinajstić information content (AvgIpc) is 2.83. The van der Waals surface area contributed by atoms with Gasteiger partial charge in [-0.05, 0) is 30.4 Å². The first-order chi connectivity index (χ1) is 9.19. The number of esters is 1. The van der Waals surface area contributed by atoms with Gasteiger partial charge in [0.05, 0.1) is 11.6 Å². The van der Waals surface area contributed by atoms with E-state index in [2.05, 4.69) is 5.32 Å². The van der Waals surface area contributed by atoms with Gasteiger partial charge < -0.3 is 10.1 Å². The van der Waals surface area contributed by atoms with E-state index in [4.69, 9.17) is 4.74 Å². The molecule has 1 aromatic rings. The van der Waals surface area contributed by atoms with E-state index in [0.717, 1.165) is 12.2 Å². The molecule has 0 saturated carbocycles. The van der Waals surface area contributed by atoms with Gasteiger partial charge in [0.25, 0.3) is 0 Å². The highest BCUT2D eigenvalue weighted by Crippen LogP contribution is 2.12. The van der Waals surface area contributed by atoms with Crippen molar-refractivity contribution in [3.63, 3.8) is 0 Å². The van der Waals surface area contributed by atoms with Crippen LogP contribution in [0, 0.1) is 0 Å². The van der Waals surface area contributed by atoms with Crippen molar-refractivity contribution in [1.29, 1.82) is 0 Å². The third-order valence-corrected chi connectivity index (χ3v) is 3.62. The lowest BCUT2D eigenvalue weighted by atomic mass is 10.1. The van der Waals surface area contributed by atoms with Gasteiger partial charge in [0.2, 0.25) is 5.91 Å². The minimum Gasteiger partial charge on any atom is -0.460 e. The highest BCUT2D eigenvalue weighted by Gasteiger charge is 2.22. The highest BCUT2D eigenvalue weighted by molar-refractivity contribution is 7.97. The van der Waals surface area contributed by atoms with Gasteiger partial charge in [-0.2, -0.15) is 11.8 Å². The van der Waals surface area contributed by atoms with Crippen LogP contribution in [0.4, 0.5) is 0 Å².